The number of aromatic nitrogens is 1. The Hall–Kier alpha value is -3.21. The number of thiazole rings is 1. The molecular weight excluding hydrogens is 466 g/mol. The molecule has 1 aromatic carbocycles. The third kappa shape index (κ3) is 7.41. The van der Waals surface area contributed by atoms with Gasteiger partial charge in [0.15, 0.2) is 0 Å². The van der Waals surface area contributed by atoms with Gasteiger partial charge in [-0.2, -0.15) is 0 Å². The lowest BCUT2D eigenvalue weighted by Crippen LogP contribution is -2.54. The molecule has 2 atom stereocenters. The van der Waals surface area contributed by atoms with Crippen LogP contribution in [0.15, 0.2) is 41.2 Å². The second kappa shape index (κ2) is 11.3. The standard InChI is InChI=1S/C23H26F2N4O4S/c1-14(28-19(30)8-16-9-23(24,25)10-16)21(32)29-18(7-15-5-3-2-4-6-15)20(31)22(33)26-11-17-12-34-13-27-17/h2-6,12-14,16,18H,7-11H2,1H3,(H,26,33)(H,28,30)(H,29,32)/t14-,18-/m1/s1. The van der Waals surface area contributed by atoms with Crippen molar-refractivity contribution >= 4 is 34.8 Å². The fraction of sp³-hybridized carbons (Fsp3) is 0.435. The molecular formula is C23H26F2N4O4S. The Morgan fingerprint density at radius 1 is 1.15 bits per heavy atom. The van der Waals surface area contributed by atoms with Crippen LogP contribution >= 0.6 is 11.3 Å². The molecule has 8 nitrogen and oxygen atoms in total. The molecule has 3 N–H and O–H groups in total. The van der Waals surface area contributed by atoms with Crippen molar-refractivity contribution in [1.29, 1.82) is 0 Å². The fourth-order valence-corrected chi connectivity index (χ4v) is 4.21. The number of nitrogens with zero attached hydrogens (tertiary/aromatic N) is 1. The van der Waals surface area contributed by atoms with Crippen molar-refractivity contribution in [3.05, 3.63) is 52.5 Å². The quantitative estimate of drug-likeness (QED) is 0.415. The maximum absolute atomic E-state index is 13.0. The SMILES string of the molecule is C[C@@H](NC(=O)CC1CC(F)(F)C1)C(=O)N[C@H](Cc1ccccc1)C(=O)C(=O)NCc1cscn1. The minimum absolute atomic E-state index is 0.0761. The van der Waals surface area contributed by atoms with Gasteiger partial charge in [-0.1, -0.05) is 30.3 Å². The van der Waals surface area contributed by atoms with Gasteiger partial charge in [0.05, 0.1) is 17.7 Å². The molecule has 1 saturated carbocycles. The summed E-state index contributed by atoms with van der Waals surface area (Å²) in [5, 5.41) is 9.25. The normalized spacial score (nSPS) is 16.6. The van der Waals surface area contributed by atoms with E-state index in [4.69, 9.17) is 0 Å². The van der Waals surface area contributed by atoms with Gasteiger partial charge in [-0.25, -0.2) is 13.8 Å². The van der Waals surface area contributed by atoms with Gasteiger partial charge in [-0.3, -0.25) is 19.2 Å². The Balaban J connectivity index is 1.58. The van der Waals surface area contributed by atoms with E-state index in [1.165, 1.54) is 18.3 Å². The van der Waals surface area contributed by atoms with E-state index < -0.39 is 47.4 Å². The van der Waals surface area contributed by atoms with Crippen LogP contribution in [0.4, 0.5) is 8.78 Å². The number of alkyl halides is 2. The van der Waals surface area contributed by atoms with Gasteiger partial charge < -0.3 is 16.0 Å². The second-order valence-electron chi connectivity index (χ2n) is 8.40. The second-order valence-corrected chi connectivity index (χ2v) is 9.12. The zero-order valence-corrected chi connectivity index (χ0v) is 19.4. The van der Waals surface area contributed by atoms with Gasteiger partial charge in [0.25, 0.3) is 5.91 Å². The van der Waals surface area contributed by atoms with Crippen LogP contribution in [0.5, 0.6) is 0 Å². The van der Waals surface area contributed by atoms with Gasteiger partial charge >= 0.3 is 0 Å². The molecule has 0 radical (unpaired) electrons. The number of nitrogens with one attached hydrogen (secondary N) is 3. The molecule has 3 rings (SSSR count). The molecule has 1 aliphatic rings. The van der Waals surface area contributed by atoms with E-state index in [0.717, 1.165) is 5.56 Å². The van der Waals surface area contributed by atoms with E-state index in [1.807, 2.05) is 0 Å². The van der Waals surface area contributed by atoms with Crippen LogP contribution < -0.4 is 16.0 Å². The minimum Gasteiger partial charge on any atom is -0.345 e. The number of hydrogen-bond donors (Lipinski definition) is 3. The first-order valence-corrected chi connectivity index (χ1v) is 11.8. The van der Waals surface area contributed by atoms with Crippen LogP contribution in [0.3, 0.4) is 0 Å². The monoisotopic (exact) mass is 492 g/mol. The van der Waals surface area contributed by atoms with Crippen molar-refractivity contribution in [1.82, 2.24) is 20.9 Å². The summed E-state index contributed by atoms with van der Waals surface area (Å²) in [4.78, 5) is 54.1. The molecule has 0 bridgehead atoms. The average molecular weight is 493 g/mol. The van der Waals surface area contributed by atoms with Crippen molar-refractivity contribution < 1.29 is 28.0 Å². The highest BCUT2D eigenvalue weighted by Gasteiger charge is 2.45. The van der Waals surface area contributed by atoms with Crippen LogP contribution in [0.2, 0.25) is 0 Å². The Bertz CT molecular complexity index is 1010. The summed E-state index contributed by atoms with van der Waals surface area (Å²) in [6, 6.07) is 6.70. The number of carbonyl (C=O) groups excluding carboxylic acids is 4. The van der Waals surface area contributed by atoms with Crippen molar-refractivity contribution in [3.8, 4) is 0 Å². The van der Waals surface area contributed by atoms with Crippen molar-refractivity contribution in [2.24, 2.45) is 5.92 Å². The lowest BCUT2D eigenvalue weighted by Gasteiger charge is -2.34. The van der Waals surface area contributed by atoms with Gasteiger partial charge in [0.2, 0.25) is 23.5 Å². The van der Waals surface area contributed by atoms with Gasteiger partial charge in [0, 0.05) is 31.1 Å². The molecule has 182 valence electrons. The van der Waals surface area contributed by atoms with Gasteiger partial charge in [0.1, 0.15) is 12.1 Å². The highest BCUT2D eigenvalue weighted by Crippen LogP contribution is 2.43. The topological polar surface area (TPSA) is 117 Å². The average Bonchev–Trinajstić information content (AvgIpc) is 3.29. The van der Waals surface area contributed by atoms with E-state index in [-0.39, 0.29) is 32.2 Å². The molecule has 0 spiro atoms. The zero-order chi connectivity index (χ0) is 24.7. The molecule has 1 heterocycles. The van der Waals surface area contributed by atoms with Crippen LogP contribution in [-0.2, 0) is 32.1 Å². The number of Topliss-reactive ketones (excluding diaryl/α,β-unsaturated/α-hetero) is 1. The van der Waals surface area contributed by atoms with Crippen LogP contribution in [-0.4, -0.2) is 46.5 Å². The van der Waals surface area contributed by atoms with Crippen LogP contribution in [0.1, 0.15) is 37.4 Å². The number of ketones is 1. The molecule has 0 aliphatic heterocycles. The van der Waals surface area contributed by atoms with Crippen molar-refractivity contribution in [2.45, 2.75) is 57.2 Å². The van der Waals surface area contributed by atoms with Gasteiger partial charge in [-0.05, 0) is 18.4 Å². The highest BCUT2D eigenvalue weighted by molar-refractivity contribution is 7.07. The number of carbonyl (C=O) groups is 4. The Morgan fingerprint density at radius 3 is 2.47 bits per heavy atom. The summed E-state index contributed by atoms with van der Waals surface area (Å²) in [7, 11) is 0. The molecule has 2 aromatic rings. The number of hydrogen-bond acceptors (Lipinski definition) is 6. The molecule has 0 unspecified atom stereocenters. The molecule has 1 aliphatic carbocycles. The summed E-state index contributed by atoms with van der Waals surface area (Å²) in [5.41, 5.74) is 2.94. The van der Waals surface area contributed by atoms with Crippen molar-refractivity contribution in [3.63, 3.8) is 0 Å². The smallest absolute Gasteiger partial charge is 0.289 e. The van der Waals surface area contributed by atoms with Crippen LogP contribution in [0.25, 0.3) is 0 Å². The number of amides is 3. The van der Waals surface area contributed by atoms with E-state index in [1.54, 1.807) is 41.2 Å². The van der Waals surface area contributed by atoms with E-state index in [0.29, 0.717) is 5.69 Å². The predicted molar refractivity (Wildman–Crippen MR) is 121 cm³/mol. The molecule has 1 fully saturated rings. The van der Waals surface area contributed by atoms with E-state index >= 15 is 0 Å². The third-order valence-electron chi connectivity index (χ3n) is 5.47. The van der Waals surface area contributed by atoms with E-state index in [9.17, 15) is 28.0 Å². The third-order valence-corrected chi connectivity index (χ3v) is 6.11. The minimum atomic E-state index is -2.72. The predicted octanol–water partition coefficient (Wildman–Crippen LogP) is 2.00. The number of benzene rings is 1. The first kappa shape index (κ1) is 25.4. The molecule has 34 heavy (non-hydrogen) atoms. The Kier molecular flexibility index (Phi) is 8.43. The Labute approximate surface area is 199 Å². The fourth-order valence-electron chi connectivity index (χ4n) is 3.65. The van der Waals surface area contributed by atoms with Crippen LogP contribution in [0, 0.1) is 5.92 Å². The summed E-state index contributed by atoms with van der Waals surface area (Å²) in [5.74, 6) is -6.01. The van der Waals surface area contributed by atoms with Gasteiger partial charge in [-0.15, -0.1) is 11.3 Å². The zero-order valence-electron chi connectivity index (χ0n) is 18.6. The first-order valence-electron chi connectivity index (χ1n) is 10.8. The molecule has 11 heteroatoms. The lowest BCUT2D eigenvalue weighted by molar-refractivity contribution is -0.141. The maximum Gasteiger partial charge on any atom is 0.289 e. The van der Waals surface area contributed by atoms with E-state index in [2.05, 4.69) is 20.9 Å². The highest BCUT2D eigenvalue weighted by atomic mass is 32.1. The van der Waals surface area contributed by atoms with Crippen molar-refractivity contribution in [2.75, 3.05) is 0 Å². The summed E-state index contributed by atoms with van der Waals surface area (Å²) in [6.45, 7) is 1.50. The molecule has 3 amide bonds. The largest absolute Gasteiger partial charge is 0.345 e. The molecule has 1 aromatic heterocycles. The summed E-state index contributed by atoms with van der Waals surface area (Å²) in [6.07, 6.45) is -0.707. The summed E-state index contributed by atoms with van der Waals surface area (Å²) >= 11 is 1.36. The molecule has 0 saturated heterocycles. The lowest BCUT2D eigenvalue weighted by atomic mass is 9.79. The first-order chi connectivity index (χ1) is 16.1. The number of halogens is 2. The maximum atomic E-state index is 13.0. The Morgan fingerprint density at radius 2 is 1.85 bits per heavy atom. The summed E-state index contributed by atoms with van der Waals surface area (Å²) < 4.78 is 25.9. The number of rotatable bonds is 11.